The minimum absolute atomic E-state index is 0. The molecule has 3 rings (SSSR count). The maximum absolute atomic E-state index is 12.2. The Labute approximate surface area is 125 Å². The Morgan fingerprint density at radius 2 is 2.16 bits per heavy atom. The second kappa shape index (κ2) is 6.55. The highest BCUT2D eigenvalue weighted by atomic mass is 35.5. The van der Waals surface area contributed by atoms with Crippen LogP contribution in [0.4, 0.5) is 0 Å². The molecule has 1 aromatic heterocycles. The van der Waals surface area contributed by atoms with E-state index in [-0.39, 0.29) is 30.7 Å². The molecular weight excluding hydrogens is 285 g/mol. The minimum atomic E-state index is 0. The first-order valence-corrected chi connectivity index (χ1v) is 6.20. The van der Waals surface area contributed by atoms with E-state index in [0.717, 1.165) is 32.6 Å². The average Bonchev–Trinajstić information content (AvgIpc) is 3.01. The molecule has 2 aliphatic heterocycles. The van der Waals surface area contributed by atoms with Crippen molar-refractivity contribution in [3.8, 4) is 0 Å². The molecule has 2 saturated heterocycles. The number of hydrogen-bond donors (Lipinski definition) is 1. The van der Waals surface area contributed by atoms with Crippen LogP contribution in [-0.4, -0.2) is 42.0 Å². The van der Waals surface area contributed by atoms with Crippen LogP contribution < -0.4 is 5.32 Å². The van der Waals surface area contributed by atoms with E-state index in [1.54, 1.807) is 12.3 Å². The highest BCUT2D eigenvalue weighted by Gasteiger charge is 2.42. The fourth-order valence-corrected chi connectivity index (χ4v) is 2.90. The lowest BCUT2D eigenvalue weighted by Crippen LogP contribution is -2.33. The molecule has 4 nitrogen and oxygen atoms in total. The minimum Gasteiger partial charge on any atom is -0.337 e. The van der Waals surface area contributed by atoms with Crippen molar-refractivity contribution < 1.29 is 4.79 Å². The summed E-state index contributed by atoms with van der Waals surface area (Å²) in [6, 6.07) is 5.49. The number of hydrogen-bond acceptors (Lipinski definition) is 3. The number of nitrogens with zero attached hydrogens (tertiary/aromatic N) is 2. The molecule has 3 heterocycles. The van der Waals surface area contributed by atoms with Crippen molar-refractivity contribution in [2.24, 2.45) is 5.41 Å². The zero-order chi connectivity index (χ0) is 11.7. The maximum Gasteiger partial charge on any atom is 0.272 e. The molecule has 6 heteroatoms. The van der Waals surface area contributed by atoms with Crippen molar-refractivity contribution >= 4 is 30.7 Å². The molecular formula is C13H19Cl2N3O. The van der Waals surface area contributed by atoms with Crippen molar-refractivity contribution in [1.82, 2.24) is 15.2 Å². The van der Waals surface area contributed by atoms with Gasteiger partial charge in [0.15, 0.2) is 0 Å². The van der Waals surface area contributed by atoms with Crippen LogP contribution in [0, 0.1) is 5.41 Å². The van der Waals surface area contributed by atoms with Gasteiger partial charge in [0, 0.05) is 31.2 Å². The fourth-order valence-electron chi connectivity index (χ4n) is 2.90. The van der Waals surface area contributed by atoms with Gasteiger partial charge in [0.1, 0.15) is 5.69 Å². The number of rotatable bonds is 1. The van der Waals surface area contributed by atoms with Crippen molar-refractivity contribution in [2.75, 3.05) is 26.2 Å². The first-order chi connectivity index (χ1) is 8.29. The van der Waals surface area contributed by atoms with Crippen LogP contribution in [0.25, 0.3) is 0 Å². The van der Waals surface area contributed by atoms with Crippen LogP contribution in [0.2, 0.25) is 0 Å². The molecule has 1 spiro atoms. The Kier molecular flexibility index (Phi) is 5.59. The molecule has 0 aliphatic carbocycles. The highest BCUT2D eigenvalue weighted by molar-refractivity contribution is 5.92. The van der Waals surface area contributed by atoms with E-state index < -0.39 is 0 Å². The second-order valence-corrected chi connectivity index (χ2v) is 5.12. The Morgan fingerprint density at radius 1 is 1.32 bits per heavy atom. The third-order valence-corrected chi connectivity index (χ3v) is 3.94. The van der Waals surface area contributed by atoms with E-state index in [2.05, 4.69) is 10.3 Å². The normalized spacial score (nSPS) is 24.9. The van der Waals surface area contributed by atoms with Gasteiger partial charge in [-0.25, -0.2) is 0 Å². The summed E-state index contributed by atoms with van der Waals surface area (Å²) in [6.45, 7) is 3.90. The van der Waals surface area contributed by atoms with Gasteiger partial charge in [-0.1, -0.05) is 6.07 Å². The molecule has 2 fully saturated rings. The van der Waals surface area contributed by atoms with E-state index in [1.807, 2.05) is 17.0 Å². The van der Waals surface area contributed by atoms with Crippen molar-refractivity contribution in [1.29, 1.82) is 0 Å². The lowest BCUT2D eigenvalue weighted by atomic mass is 9.87. The van der Waals surface area contributed by atoms with Crippen LogP contribution in [0.1, 0.15) is 23.3 Å². The van der Waals surface area contributed by atoms with Crippen LogP contribution >= 0.6 is 24.8 Å². The number of carbonyl (C=O) groups is 1. The van der Waals surface area contributed by atoms with Gasteiger partial charge in [0.2, 0.25) is 0 Å². The standard InChI is InChI=1S/C13H17N3O.2ClH/c17-12(11-3-1-2-6-15-11)16-8-5-13(10-16)4-7-14-9-13;;/h1-3,6,14H,4-5,7-10H2;2*1H. The molecule has 0 bridgehead atoms. The predicted octanol–water partition coefficient (Wildman–Crippen LogP) is 1.75. The Balaban J connectivity index is 0.000000902. The smallest absolute Gasteiger partial charge is 0.272 e. The fraction of sp³-hybridized carbons (Fsp3) is 0.538. The molecule has 1 atom stereocenters. The monoisotopic (exact) mass is 303 g/mol. The van der Waals surface area contributed by atoms with Gasteiger partial charge >= 0.3 is 0 Å². The quantitative estimate of drug-likeness (QED) is 0.860. The summed E-state index contributed by atoms with van der Waals surface area (Å²) in [5, 5.41) is 3.40. The first kappa shape index (κ1) is 16.2. The summed E-state index contributed by atoms with van der Waals surface area (Å²) >= 11 is 0. The third-order valence-electron chi connectivity index (χ3n) is 3.94. The van der Waals surface area contributed by atoms with Gasteiger partial charge in [-0.05, 0) is 31.5 Å². The number of pyridine rings is 1. The van der Waals surface area contributed by atoms with Crippen LogP contribution in [-0.2, 0) is 0 Å². The van der Waals surface area contributed by atoms with Gasteiger partial charge in [-0.15, -0.1) is 24.8 Å². The summed E-state index contributed by atoms with van der Waals surface area (Å²) in [4.78, 5) is 18.3. The highest BCUT2D eigenvalue weighted by Crippen LogP contribution is 2.36. The Morgan fingerprint density at radius 3 is 2.79 bits per heavy atom. The molecule has 0 aromatic carbocycles. The zero-order valence-corrected chi connectivity index (χ0v) is 12.3. The first-order valence-electron chi connectivity index (χ1n) is 6.20. The number of aromatic nitrogens is 1. The average molecular weight is 304 g/mol. The lowest BCUT2D eigenvalue weighted by molar-refractivity contribution is 0.0770. The predicted molar refractivity (Wildman–Crippen MR) is 79.2 cm³/mol. The number of carbonyl (C=O) groups excluding carboxylic acids is 1. The van der Waals surface area contributed by atoms with E-state index in [4.69, 9.17) is 0 Å². The number of likely N-dealkylation sites (tertiary alicyclic amines) is 1. The molecule has 106 valence electrons. The van der Waals surface area contributed by atoms with Gasteiger partial charge in [0.25, 0.3) is 5.91 Å². The summed E-state index contributed by atoms with van der Waals surface area (Å²) in [7, 11) is 0. The van der Waals surface area contributed by atoms with Crippen molar-refractivity contribution in [3.63, 3.8) is 0 Å². The molecule has 2 aliphatic rings. The topological polar surface area (TPSA) is 45.2 Å². The van der Waals surface area contributed by atoms with Gasteiger partial charge in [-0.3, -0.25) is 9.78 Å². The Bertz CT molecular complexity index is 421. The molecule has 1 amide bonds. The summed E-state index contributed by atoms with van der Waals surface area (Å²) < 4.78 is 0. The van der Waals surface area contributed by atoms with Gasteiger partial charge in [-0.2, -0.15) is 0 Å². The molecule has 1 unspecified atom stereocenters. The SMILES string of the molecule is Cl.Cl.O=C(c1ccccn1)N1CCC2(CCNC2)C1. The van der Waals surface area contributed by atoms with Crippen LogP contribution in [0.5, 0.6) is 0 Å². The number of halogens is 2. The number of nitrogens with one attached hydrogen (secondary N) is 1. The summed E-state index contributed by atoms with van der Waals surface area (Å²) in [5.41, 5.74) is 0.903. The van der Waals surface area contributed by atoms with E-state index >= 15 is 0 Å². The molecule has 19 heavy (non-hydrogen) atoms. The van der Waals surface area contributed by atoms with Crippen molar-refractivity contribution in [3.05, 3.63) is 30.1 Å². The van der Waals surface area contributed by atoms with E-state index in [1.165, 1.54) is 6.42 Å². The molecule has 1 aromatic rings. The van der Waals surface area contributed by atoms with E-state index in [9.17, 15) is 4.79 Å². The number of amides is 1. The molecule has 0 radical (unpaired) electrons. The van der Waals surface area contributed by atoms with Gasteiger partial charge in [0.05, 0.1) is 0 Å². The third kappa shape index (κ3) is 3.19. The van der Waals surface area contributed by atoms with Gasteiger partial charge < -0.3 is 10.2 Å². The zero-order valence-electron chi connectivity index (χ0n) is 10.7. The lowest BCUT2D eigenvalue weighted by Gasteiger charge is -2.22. The Hall–Kier alpha value is -0.840. The summed E-state index contributed by atoms with van der Waals surface area (Å²) in [6.07, 6.45) is 3.99. The summed E-state index contributed by atoms with van der Waals surface area (Å²) in [5.74, 6) is 0.0781. The largest absolute Gasteiger partial charge is 0.337 e. The maximum atomic E-state index is 12.2. The molecule has 1 N–H and O–H groups in total. The van der Waals surface area contributed by atoms with Crippen LogP contribution in [0.15, 0.2) is 24.4 Å². The van der Waals surface area contributed by atoms with Crippen molar-refractivity contribution in [2.45, 2.75) is 12.8 Å². The second-order valence-electron chi connectivity index (χ2n) is 5.12. The molecule has 0 saturated carbocycles. The van der Waals surface area contributed by atoms with Crippen LogP contribution in [0.3, 0.4) is 0 Å². The van der Waals surface area contributed by atoms with E-state index in [0.29, 0.717) is 11.1 Å².